The highest BCUT2D eigenvalue weighted by Gasteiger charge is 2.14. The van der Waals surface area contributed by atoms with Gasteiger partial charge in [-0.1, -0.05) is 12.1 Å². The monoisotopic (exact) mass is 235 g/mol. The lowest BCUT2D eigenvalue weighted by molar-refractivity contribution is 0.620. The molecule has 2 aromatic rings. The Balaban J connectivity index is 2.33. The van der Waals surface area contributed by atoms with E-state index in [2.05, 4.69) is 11.4 Å². The Hall–Kier alpha value is -1.19. The molecular weight excluding hydrogens is 221 g/mol. The fraction of sp³-hybridized carbons (Fsp3) is 0.231. The topological polar surface area (TPSA) is 26.0 Å². The van der Waals surface area contributed by atoms with Crippen LogP contribution in [0.1, 0.15) is 23.5 Å². The molecule has 1 aromatic heterocycles. The van der Waals surface area contributed by atoms with Crippen molar-refractivity contribution in [1.82, 2.24) is 0 Å². The highest BCUT2D eigenvalue weighted by Crippen LogP contribution is 2.29. The van der Waals surface area contributed by atoms with E-state index in [0.717, 1.165) is 12.0 Å². The third-order valence-corrected chi connectivity index (χ3v) is 3.35. The Kier molecular flexibility index (Phi) is 3.70. The molecule has 84 valence electrons. The number of rotatable bonds is 4. The zero-order valence-corrected chi connectivity index (χ0v) is 9.71. The predicted octanol–water partition coefficient (Wildman–Crippen LogP) is 3.37. The zero-order chi connectivity index (χ0) is 11.4. The first kappa shape index (κ1) is 11.3. The van der Waals surface area contributed by atoms with Crippen molar-refractivity contribution in [3.05, 3.63) is 58.0 Å². The van der Waals surface area contributed by atoms with Gasteiger partial charge in [0, 0.05) is 5.92 Å². The summed E-state index contributed by atoms with van der Waals surface area (Å²) >= 11 is 1.66. The number of nitrogens with two attached hydrogens (primary N) is 1. The van der Waals surface area contributed by atoms with E-state index in [0.29, 0.717) is 6.54 Å². The van der Waals surface area contributed by atoms with E-state index in [-0.39, 0.29) is 11.7 Å². The van der Waals surface area contributed by atoms with Gasteiger partial charge in [-0.15, -0.1) is 0 Å². The largest absolute Gasteiger partial charge is 0.330 e. The van der Waals surface area contributed by atoms with Crippen molar-refractivity contribution >= 4 is 11.3 Å². The lowest BCUT2D eigenvalue weighted by atomic mass is 9.90. The minimum Gasteiger partial charge on any atom is -0.330 e. The summed E-state index contributed by atoms with van der Waals surface area (Å²) in [6.45, 7) is 0.608. The van der Waals surface area contributed by atoms with Gasteiger partial charge in [0.05, 0.1) is 0 Å². The number of halogens is 1. The van der Waals surface area contributed by atoms with Crippen LogP contribution < -0.4 is 5.73 Å². The number of hydrogen-bond acceptors (Lipinski definition) is 2. The molecule has 0 saturated heterocycles. The molecule has 0 aliphatic rings. The van der Waals surface area contributed by atoms with E-state index in [1.54, 1.807) is 23.5 Å². The molecule has 2 rings (SSSR count). The lowest BCUT2D eigenvalue weighted by Gasteiger charge is -2.15. The average molecular weight is 235 g/mol. The standard InChI is InChI=1S/C13H14FNS/c14-12-3-1-2-10(8-12)13(4-6-15)11-5-7-16-9-11/h1-3,5,7-9,13H,4,6,15H2. The van der Waals surface area contributed by atoms with E-state index >= 15 is 0 Å². The molecule has 1 unspecified atom stereocenters. The first-order valence-electron chi connectivity index (χ1n) is 5.29. The molecule has 0 fully saturated rings. The summed E-state index contributed by atoms with van der Waals surface area (Å²) < 4.78 is 13.2. The van der Waals surface area contributed by atoms with Gasteiger partial charge in [0.1, 0.15) is 5.82 Å². The van der Waals surface area contributed by atoms with E-state index in [4.69, 9.17) is 5.73 Å². The molecule has 1 heterocycles. The van der Waals surface area contributed by atoms with Crippen LogP contribution in [0.4, 0.5) is 4.39 Å². The van der Waals surface area contributed by atoms with Crippen molar-refractivity contribution in [2.75, 3.05) is 6.54 Å². The highest BCUT2D eigenvalue weighted by atomic mass is 32.1. The average Bonchev–Trinajstić information content (AvgIpc) is 2.79. The van der Waals surface area contributed by atoms with E-state index in [9.17, 15) is 4.39 Å². The molecule has 2 N–H and O–H groups in total. The smallest absolute Gasteiger partial charge is 0.123 e. The summed E-state index contributed by atoms with van der Waals surface area (Å²) in [5.41, 5.74) is 7.85. The van der Waals surface area contributed by atoms with Crippen LogP contribution in [0.25, 0.3) is 0 Å². The zero-order valence-electron chi connectivity index (χ0n) is 8.90. The summed E-state index contributed by atoms with van der Waals surface area (Å²) in [6.07, 6.45) is 0.847. The molecule has 0 amide bonds. The number of thiophene rings is 1. The predicted molar refractivity (Wildman–Crippen MR) is 66.2 cm³/mol. The van der Waals surface area contributed by atoms with Crippen LogP contribution >= 0.6 is 11.3 Å². The first-order chi connectivity index (χ1) is 7.81. The molecule has 0 aliphatic heterocycles. The summed E-state index contributed by atoms with van der Waals surface area (Å²) in [5.74, 6) is 0.0294. The Morgan fingerprint density at radius 2 is 2.12 bits per heavy atom. The van der Waals surface area contributed by atoms with E-state index < -0.39 is 0 Å². The van der Waals surface area contributed by atoms with Gasteiger partial charge in [-0.2, -0.15) is 11.3 Å². The van der Waals surface area contributed by atoms with E-state index in [1.807, 2.05) is 11.4 Å². The summed E-state index contributed by atoms with van der Waals surface area (Å²) in [7, 11) is 0. The van der Waals surface area contributed by atoms with Gasteiger partial charge in [0.15, 0.2) is 0 Å². The van der Waals surface area contributed by atoms with Crippen molar-refractivity contribution in [3.63, 3.8) is 0 Å². The summed E-state index contributed by atoms with van der Waals surface area (Å²) in [4.78, 5) is 0. The Bertz CT molecular complexity index is 439. The molecule has 3 heteroatoms. The molecule has 1 aromatic carbocycles. The minimum absolute atomic E-state index is 0.185. The fourth-order valence-corrected chi connectivity index (χ4v) is 2.60. The van der Waals surface area contributed by atoms with Crippen LogP contribution in [-0.2, 0) is 0 Å². The fourth-order valence-electron chi connectivity index (χ4n) is 1.89. The first-order valence-corrected chi connectivity index (χ1v) is 6.23. The van der Waals surface area contributed by atoms with Gasteiger partial charge in [0.25, 0.3) is 0 Å². The third kappa shape index (κ3) is 2.49. The minimum atomic E-state index is -0.185. The normalized spacial score (nSPS) is 12.6. The second kappa shape index (κ2) is 5.23. The Labute approximate surface area is 98.7 Å². The molecule has 1 nitrogen and oxygen atoms in total. The van der Waals surface area contributed by atoms with Crippen LogP contribution in [0.3, 0.4) is 0 Å². The molecule has 0 saturated carbocycles. The quantitative estimate of drug-likeness (QED) is 0.864. The number of hydrogen-bond donors (Lipinski definition) is 1. The molecular formula is C13H14FNS. The number of benzene rings is 1. The van der Waals surface area contributed by atoms with Crippen LogP contribution in [0.2, 0.25) is 0 Å². The van der Waals surface area contributed by atoms with Crippen molar-refractivity contribution in [3.8, 4) is 0 Å². The van der Waals surface area contributed by atoms with Gasteiger partial charge in [0.2, 0.25) is 0 Å². The Morgan fingerprint density at radius 3 is 2.75 bits per heavy atom. The summed E-state index contributed by atoms with van der Waals surface area (Å²) in [5, 5.41) is 4.14. The maximum atomic E-state index is 13.2. The molecule has 1 atom stereocenters. The molecule has 0 aliphatic carbocycles. The van der Waals surface area contributed by atoms with Gasteiger partial charge in [-0.05, 0) is 53.1 Å². The van der Waals surface area contributed by atoms with Crippen molar-refractivity contribution in [1.29, 1.82) is 0 Å². The van der Waals surface area contributed by atoms with Crippen molar-refractivity contribution in [2.24, 2.45) is 5.73 Å². The van der Waals surface area contributed by atoms with Gasteiger partial charge in [-0.3, -0.25) is 0 Å². The SMILES string of the molecule is NCCC(c1ccsc1)c1cccc(F)c1. The Morgan fingerprint density at radius 1 is 1.25 bits per heavy atom. The highest BCUT2D eigenvalue weighted by molar-refractivity contribution is 7.08. The molecule has 16 heavy (non-hydrogen) atoms. The van der Waals surface area contributed by atoms with Crippen LogP contribution in [-0.4, -0.2) is 6.54 Å². The second-order valence-electron chi connectivity index (χ2n) is 3.74. The molecule has 0 spiro atoms. The second-order valence-corrected chi connectivity index (χ2v) is 4.52. The molecule has 0 bridgehead atoms. The van der Waals surface area contributed by atoms with Gasteiger partial charge in [-0.25, -0.2) is 4.39 Å². The van der Waals surface area contributed by atoms with Gasteiger partial charge < -0.3 is 5.73 Å². The van der Waals surface area contributed by atoms with Gasteiger partial charge >= 0.3 is 0 Å². The van der Waals surface area contributed by atoms with Crippen LogP contribution in [0.5, 0.6) is 0 Å². The van der Waals surface area contributed by atoms with Crippen molar-refractivity contribution < 1.29 is 4.39 Å². The lowest BCUT2D eigenvalue weighted by Crippen LogP contribution is -2.08. The summed E-state index contributed by atoms with van der Waals surface area (Å²) in [6, 6.07) is 8.85. The van der Waals surface area contributed by atoms with Crippen LogP contribution in [0, 0.1) is 5.82 Å². The van der Waals surface area contributed by atoms with E-state index in [1.165, 1.54) is 11.6 Å². The van der Waals surface area contributed by atoms with Crippen molar-refractivity contribution in [2.45, 2.75) is 12.3 Å². The third-order valence-electron chi connectivity index (χ3n) is 2.65. The molecule has 0 radical (unpaired) electrons. The van der Waals surface area contributed by atoms with Crippen LogP contribution in [0.15, 0.2) is 41.1 Å². The maximum absolute atomic E-state index is 13.2. The maximum Gasteiger partial charge on any atom is 0.123 e.